The van der Waals surface area contributed by atoms with Gasteiger partial charge >= 0.3 is 0 Å². The van der Waals surface area contributed by atoms with Gasteiger partial charge in [0.2, 0.25) is 0 Å². The highest BCUT2D eigenvalue weighted by Gasteiger charge is 2.15. The summed E-state index contributed by atoms with van der Waals surface area (Å²) in [4.78, 5) is 12.5. The minimum atomic E-state index is -3.26. The van der Waals surface area contributed by atoms with Crippen molar-refractivity contribution in [3.05, 3.63) is 64.7 Å². The van der Waals surface area contributed by atoms with E-state index in [0.717, 1.165) is 18.2 Å². The van der Waals surface area contributed by atoms with Gasteiger partial charge in [0, 0.05) is 16.8 Å². The van der Waals surface area contributed by atoms with E-state index >= 15 is 0 Å². The maximum absolute atomic E-state index is 12.3. The molecule has 0 aliphatic rings. The van der Waals surface area contributed by atoms with Gasteiger partial charge in [-0.05, 0) is 48.4 Å². The molecule has 0 saturated heterocycles. The molecule has 0 aliphatic heterocycles. The minimum Gasteiger partial charge on any atom is -0.345 e. The zero-order chi connectivity index (χ0) is 17.0. The van der Waals surface area contributed by atoms with Crippen molar-refractivity contribution in [2.45, 2.75) is 24.3 Å². The van der Waals surface area contributed by atoms with E-state index in [1.165, 1.54) is 24.3 Å². The molecule has 0 radical (unpaired) electrons. The molecule has 0 aromatic heterocycles. The van der Waals surface area contributed by atoms with Gasteiger partial charge in [-0.25, -0.2) is 8.42 Å². The van der Waals surface area contributed by atoms with Crippen molar-refractivity contribution in [2.24, 2.45) is 0 Å². The van der Waals surface area contributed by atoms with E-state index in [9.17, 15) is 13.2 Å². The molecule has 2 aromatic carbocycles. The van der Waals surface area contributed by atoms with Gasteiger partial charge in [0.15, 0.2) is 9.84 Å². The summed E-state index contributed by atoms with van der Waals surface area (Å²) in [6, 6.07) is 13.1. The summed E-state index contributed by atoms with van der Waals surface area (Å²) in [6.07, 6.45) is 1.87. The molecule has 1 amide bonds. The molecule has 0 fully saturated rings. The van der Waals surface area contributed by atoms with Gasteiger partial charge in [0.05, 0.1) is 10.9 Å². The maximum atomic E-state index is 12.3. The number of sulfone groups is 1. The lowest BCUT2D eigenvalue weighted by atomic mass is 10.0. The fraction of sp³-hybridized carbons (Fsp3) is 0.235. The van der Waals surface area contributed by atoms with Crippen LogP contribution in [0, 0.1) is 0 Å². The first-order valence-corrected chi connectivity index (χ1v) is 9.44. The lowest BCUT2D eigenvalue weighted by Gasteiger charge is -2.17. The fourth-order valence-corrected chi connectivity index (χ4v) is 2.97. The Morgan fingerprint density at radius 1 is 1.09 bits per heavy atom. The second-order valence-corrected chi connectivity index (χ2v) is 7.73. The van der Waals surface area contributed by atoms with E-state index in [-0.39, 0.29) is 16.8 Å². The predicted molar refractivity (Wildman–Crippen MR) is 91.5 cm³/mol. The maximum Gasteiger partial charge on any atom is 0.251 e. The van der Waals surface area contributed by atoms with Crippen molar-refractivity contribution < 1.29 is 13.2 Å². The third-order valence-corrected chi connectivity index (χ3v) is 4.91. The summed E-state index contributed by atoms with van der Waals surface area (Å²) in [5.74, 6) is -0.244. The molecule has 2 aromatic rings. The van der Waals surface area contributed by atoms with Crippen LogP contribution in [0.2, 0.25) is 5.02 Å². The topological polar surface area (TPSA) is 63.2 Å². The molecule has 0 heterocycles. The molecule has 0 saturated carbocycles. The summed E-state index contributed by atoms with van der Waals surface area (Å²) in [5, 5.41) is 3.59. The largest absolute Gasteiger partial charge is 0.345 e. The Labute approximate surface area is 141 Å². The first-order valence-electron chi connectivity index (χ1n) is 7.17. The zero-order valence-corrected chi connectivity index (χ0v) is 14.5. The Hall–Kier alpha value is -1.85. The number of carbonyl (C=O) groups excluding carboxylic acids is 1. The third kappa shape index (κ3) is 4.56. The van der Waals surface area contributed by atoms with Crippen molar-refractivity contribution in [1.82, 2.24) is 5.32 Å². The monoisotopic (exact) mass is 351 g/mol. The Balaban J connectivity index is 2.15. The van der Waals surface area contributed by atoms with E-state index in [1.54, 1.807) is 12.1 Å². The van der Waals surface area contributed by atoms with Crippen LogP contribution in [0.25, 0.3) is 0 Å². The highest BCUT2D eigenvalue weighted by Crippen LogP contribution is 2.20. The normalized spacial score (nSPS) is 12.7. The first kappa shape index (κ1) is 17.5. The molecule has 122 valence electrons. The lowest BCUT2D eigenvalue weighted by molar-refractivity contribution is 0.0935. The summed E-state index contributed by atoms with van der Waals surface area (Å²) in [7, 11) is -3.26. The molecule has 1 atom stereocenters. The Morgan fingerprint density at radius 3 is 2.13 bits per heavy atom. The lowest BCUT2D eigenvalue weighted by Crippen LogP contribution is -2.28. The molecule has 0 aliphatic carbocycles. The average molecular weight is 352 g/mol. The number of hydrogen-bond donors (Lipinski definition) is 1. The van der Waals surface area contributed by atoms with Crippen molar-refractivity contribution in [3.63, 3.8) is 0 Å². The molecule has 0 bridgehead atoms. The van der Waals surface area contributed by atoms with Gasteiger partial charge in [0.25, 0.3) is 5.91 Å². The van der Waals surface area contributed by atoms with E-state index in [4.69, 9.17) is 11.6 Å². The second-order valence-electron chi connectivity index (χ2n) is 5.28. The second kappa shape index (κ2) is 7.15. The van der Waals surface area contributed by atoms with E-state index in [1.807, 2.05) is 19.1 Å². The van der Waals surface area contributed by atoms with E-state index < -0.39 is 9.84 Å². The van der Waals surface area contributed by atoms with Gasteiger partial charge in [-0.3, -0.25) is 4.79 Å². The Bertz CT molecular complexity index is 784. The fourth-order valence-electron chi connectivity index (χ4n) is 2.21. The number of halogens is 1. The van der Waals surface area contributed by atoms with Crippen LogP contribution in [0.1, 0.15) is 35.3 Å². The predicted octanol–water partition coefficient (Wildman–Crippen LogP) is 3.62. The van der Waals surface area contributed by atoms with Crippen LogP contribution in [0.5, 0.6) is 0 Å². The van der Waals surface area contributed by atoms with Crippen LogP contribution in [-0.2, 0) is 9.84 Å². The standard InChI is InChI=1S/C17H18ClNO3S/c1-3-16(12-4-8-14(18)9-5-12)19-17(20)13-6-10-15(11-7-13)23(2,21)22/h4-11,16H,3H2,1-2H3,(H,19,20)/t16-/m0/s1. The van der Waals surface area contributed by atoms with Crippen LogP contribution in [0.15, 0.2) is 53.4 Å². The number of nitrogens with one attached hydrogen (secondary N) is 1. The van der Waals surface area contributed by atoms with E-state index in [2.05, 4.69) is 5.32 Å². The zero-order valence-electron chi connectivity index (χ0n) is 12.9. The van der Waals surface area contributed by atoms with Crippen molar-refractivity contribution in [1.29, 1.82) is 0 Å². The van der Waals surface area contributed by atoms with Crippen molar-refractivity contribution in [3.8, 4) is 0 Å². The Morgan fingerprint density at radius 2 is 1.65 bits per heavy atom. The summed E-state index contributed by atoms with van der Waals surface area (Å²) < 4.78 is 22.9. The molecule has 4 nitrogen and oxygen atoms in total. The van der Waals surface area contributed by atoms with Gasteiger partial charge < -0.3 is 5.32 Å². The highest BCUT2D eigenvalue weighted by atomic mass is 35.5. The minimum absolute atomic E-state index is 0.130. The van der Waals surface area contributed by atoms with Gasteiger partial charge in [-0.1, -0.05) is 30.7 Å². The number of rotatable bonds is 5. The Kier molecular flexibility index (Phi) is 5.44. The SMILES string of the molecule is CC[C@H](NC(=O)c1ccc(S(C)(=O)=O)cc1)c1ccc(Cl)cc1. The quantitative estimate of drug-likeness (QED) is 0.894. The van der Waals surface area contributed by atoms with Crippen LogP contribution in [0.4, 0.5) is 0 Å². The number of hydrogen-bond acceptors (Lipinski definition) is 3. The molecule has 6 heteroatoms. The molecule has 2 rings (SSSR count). The molecule has 0 unspecified atom stereocenters. The van der Waals surface area contributed by atoms with Gasteiger partial charge in [0.1, 0.15) is 0 Å². The summed E-state index contributed by atoms with van der Waals surface area (Å²) >= 11 is 5.88. The number of amides is 1. The summed E-state index contributed by atoms with van der Waals surface area (Å²) in [6.45, 7) is 1.98. The molecule has 23 heavy (non-hydrogen) atoms. The van der Waals surface area contributed by atoms with Crippen molar-refractivity contribution >= 4 is 27.3 Å². The number of carbonyl (C=O) groups is 1. The molecular formula is C17H18ClNO3S. The van der Waals surface area contributed by atoms with Crippen LogP contribution in [-0.4, -0.2) is 20.6 Å². The van der Waals surface area contributed by atoms with Gasteiger partial charge in [-0.2, -0.15) is 0 Å². The highest BCUT2D eigenvalue weighted by molar-refractivity contribution is 7.90. The van der Waals surface area contributed by atoms with Crippen molar-refractivity contribution in [2.75, 3.05) is 6.26 Å². The summed E-state index contributed by atoms with van der Waals surface area (Å²) in [5.41, 5.74) is 1.39. The third-order valence-electron chi connectivity index (χ3n) is 3.53. The molecule has 0 spiro atoms. The van der Waals surface area contributed by atoms with Crippen LogP contribution < -0.4 is 5.32 Å². The van der Waals surface area contributed by atoms with Crippen LogP contribution in [0.3, 0.4) is 0 Å². The molecule has 1 N–H and O–H groups in total. The first-order chi connectivity index (χ1) is 10.8. The van der Waals surface area contributed by atoms with Crippen LogP contribution >= 0.6 is 11.6 Å². The average Bonchev–Trinajstić information content (AvgIpc) is 2.52. The number of benzene rings is 2. The molecular weight excluding hydrogens is 334 g/mol. The smallest absolute Gasteiger partial charge is 0.251 e. The van der Waals surface area contributed by atoms with Gasteiger partial charge in [-0.15, -0.1) is 0 Å². The van der Waals surface area contributed by atoms with E-state index in [0.29, 0.717) is 10.6 Å².